The largest absolute Gasteiger partial charge is 0.537 e. The normalized spacial score (nSPS) is 11.5. The zero-order chi connectivity index (χ0) is 17.6. The van der Waals surface area contributed by atoms with Crippen LogP contribution in [0.5, 0.6) is 0 Å². The number of carbonyl (C=O) groups is 1. The van der Waals surface area contributed by atoms with E-state index in [0.29, 0.717) is 5.57 Å². The highest BCUT2D eigenvalue weighted by Gasteiger charge is 2.19. The topological polar surface area (TPSA) is 49.4 Å². The SMILES string of the molecule is C=C(c1ccccc1)C(OC(=O)[O-])c1ccccc1-c1ccccc1. The quantitative estimate of drug-likeness (QED) is 0.649. The third-order valence-electron chi connectivity index (χ3n) is 4.00. The second kappa shape index (κ2) is 7.49. The first-order chi connectivity index (χ1) is 12.2. The van der Waals surface area contributed by atoms with Gasteiger partial charge in [0.05, 0.1) is 6.10 Å². The molecule has 3 rings (SSSR count). The van der Waals surface area contributed by atoms with Crippen molar-refractivity contribution in [3.63, 3.8) is 0 Å². The predicted octanol–water partition coefficient (Wildman–Crippen LogP) is 4.47. The lowest BCUT2D eigenvalue weighted by molar-refractivity contribution is -0.285. The Balaban J connectivity index is 2.09. The van der Waals surface area contributed by atoms with Crippen molar-refractivity contribution in [2.75, 3.05) is 0 Å². The number of hydrogen-bond acceptors (Lipinski definition) is 3. The molecule has 0 N–H and O–H groups in total. The Labute approximate surface area is 146 Å². The lowest BCUT2D eigenvalue weighted by Crippen LogP contribution is -2.26. The Kier molecular flexibility index (Phi) is 4.95. The molecule has 3 heteroatoms. The highest BCUT2D eigenvalue weighted by Crippen LogP contribution is 2.37. The van der Waals surface area contributed by atoms with Crippen molar-refractivity contribution in [3.05, 3.63) is 103 Å². The van der Waals surface area contributed by atoms with Crippen molar-refractivity contribution in [1.29, 1.82) is 0 Å². The molecule has 0 amide bonds. The van der Waals surface area contributed by atoms with E-state index in [1.54, 1.807) is 0 Å². The van der Waals surface area contributed by atoms with E-state index in [1.807, 2.05) is 84.9 Å². The maximum Gasteiger partial charge on any atom is 0.252 e. The van der Waals surface area contributed by atoms with Crippen LogP contribution in [0.3, 0.4) is 0 Å². The fraction of sp³-hybridized carbons (Fsp3) is 0.0455. The van der Waals surface area contributed by atoms with Gasteiger partial charge in [0.1, 0.15) is 0 Å². The molecule has 0 aliphatic carbocycles. The van der Waals surface area contributed by atoms with E-state index in [1.165, 1.54) is 0 Å². The minimum Gasteiger partial charge on any atom is -0.537 e. The molecule has 0 bridgehead atoms. The summed E-state index contributed by atoms with van der Waals surface area (Å²) in [4.78, 5) is 11.2. The molecular weight excluding hydrogens is 312 g/mol. The van der Waals surface area contributed by atoms with Gasteiger partial charge in [-0.25, -0.2) is 0 Å². The first-order valence-corrected chi connectivity index (χ1v) is 7.93. The first-order valence-electron chi connectivity index (χ1n) is 7.93. The van der Waals surface area contributed by atoms with Crippen LogP contribution in [0.2, 0.25) is 0 Å². The van der Waals surface area contributed by atoms with E-state index in [9.17, 15) is 9.90 Å². The molecule has 1 atom stereocenters. The average Bonchev–Trinajstić information content (AvgIpc) is 2.67. The van der Waals surface area contributed by atoms with Crippen molar-refractivity contribution >= 4 is 11.7 Å². The van der Waals surface area contributed by atoms with Gasteiger partial charge in [-0.15, -0.1) is 0 Å². The summed E-state index contributed by atoms with van der Waals surface area (Å²) in [6.07, 6.45) is -2.42. The van der Waals surface area contributed by atoms with Crippen molar-refractivity contribution < 1.29 is 14.6 Å². The Hall–Kier alpha value is -3.33. The molecule has 1 unspecified atom stereocenters. The van der Waals surface area contributed by atoms with Crippen molar-refractivity contribution in [1.82, 2.24) is 0 Å². The number of rotatable bonds is 5. The Morgan fingerprint density at radius 1 is 0.840 bits per heavy atom. The summed E-state index contributed by atoms with van der Waals surface area (Å²) in [5.74, 6) is 0. The summed E-state index contributed by atoms with van der Waals surface area (Å²) in [6, 6.07) is 26.7. The summed E-state index contributed by atoms with van der Waals surface area (Å²) < 4.78 is 5.12. The molecular formula is C22H17O3-. The summed E-state index contributed by atoms with van der Waals surface area (Å²) in [6.45, 7) is 4.07. The van der Waals surface area contributed by atoms with Gasteiger partial charge in [0.25, 0.3) is 6.16 Å². The number of carboxylic acid groups (broad SMARTS) is 1. The molecule has 3 nitrogen and oxygen atoms in total. The zero-order valence-corrected chi connectivity index (χ0v) is 13.6. The van der Waals surface area contributed by atoms with Crippen LogP contribution in [-0.4, -0.2) is 6.16 Å². The first kappa shape index (κ1) is 16.5. The molecule has 0 heterocycles. The second-order valence-electron chi connectivity index (χ2n) is 5.59. The van der Waals surface area contributed by atoms with Gasteiger partial charge < -0.3 is 14.6 Å². The molecule has 0 spiro atoms. The van der Waals surface area contributed by atoms with Crippen LogP contribution in [0.1, 0.15) is 17.2 Å². The summed E-state index contributed by atoms with van der Waals surface area (Å²) >= 11 is 0. The molecule has 0 saturated heterocycles. The molecule has 3 aromatic rings. The van der Waals surface area contributed by atoms with E-state index in [-0.39, 0.29) is 0 Å². The van der Waals surface area contributed by atoms with Gasteiger partial charge in [0.15, 0.2) is 0 Å². The van der Waals surface area contributed by atoms with Crippen LogP contribution >= 0.6 is 0 Å². The average molecular weight is 329 g/mol. The third-order valence-corrected chi connectivity index (χ3v) is 4.00. The molecule has 0 saturated carbocycles. The third kappa shape index (κ3) is 3.78. The van der Waals surface area contributed by atoms with Gasteiger partial charge in [-0.3, -0.25) is 0 Å². The van der Waals surface area contributed by atoms with Crippen LogP contribution in [0, 0.1) is 0 Å². The number of carbonyl (C=O) groups excluding carboxylic acids is 1. The highest BCUT2D eigenvalue weighted by molar-refractivity contribution is 5.76. The van der Waals surface area contributed by atoms with Gasteiger partial charge in [-0.1, -0.05) is 91.5 Å². The Morgan fingerprint density at radius 2 is 1.40 bits per heavy atom. The summed E-state index contributed by atoms with van der Waals surface area (Å²) in [7, 11) is 0. The number of ether oxygens (including phenoxy) is 1. The van der Waals surface area contributed by atoms with Crippen LogP contribution in [0.4, 0.5) is 4.79 Å². The molecule has 0 aromatic heterocycles. The molecule has 3 aromatic carbocycles. The fourth-order valence-electron chi connectivity index (χ4n) is 2.83. The van der Waals surface area contributed by atoms with Crippen LogP contribution in [0.25, 0.3) is 16.7 Å². The van der Waals surface area contributed by atoms with Gasteiger partial charge in [0, 0.05) is 0 Å². The highest BCUT2D eigenvalue weighted by atomic mass is 16.7. The summed E-state index contributed by atoms with van der Waals surface area (Å²) in [5, 5.41) is 11.2. The number of benzene rings is 3. The number of hydrogen-bond donors (Lipinski definition) is 0. The van der Waals surface area contributed by atoms with Crippen molar-refractivity contribution in [2.24, 2.45) is 0 Å². The smallest absolute Gasteiger partial charge is 0.252 e. The van der Waals surface area contributed by atoms with Gasteiger partial charge in [-0.05, 0) is 27.8 Å². The van der Waals surface area contributed by atoms with E-state index in [2.05, 4.69) is 6.58 Å². The van der Waals surface area contributed by atoms with Crippen LogP contribution < -0.4 is 5.11 Å². The maximum absolute atomic E-state index is 11.2. The van der Waals surface area contributed by atoms with E-state index >= 15 is 0 Å². The fourth-order valence-corrected chi connectivity index (χ4v) is 2.83. The van der Waals surface area contributed by atoms with Crippen molar-refractivity contribution in [2.45, 2.75) is 6.10 Å². The molecule has 0 aliphatic heterocycles. The Morgan fingerprint density at radius 3 is 2.04 bits per heavy atom. The predicted molar refractivity (Wildman–Crippen MR) is 96.6 cm³/mol. The summed E-state index contributed by atoms with van der Waals surface area (Å²) in [5.41, 5.74) is 3.98. The molecule has 0 aliphatic rings. The zero-order valence-electron chi connectivity index (χ0n) is 13.6. The van der Waals surface area contributed by atoms with E-state index < -0.39 is 12.3 Å². The minimum absolute atomic E-state index is 0.563. The molecule has 0 fully saturated rings. The molecule has 25 heavy (non-hydrogen) atoms. The van der Waals surface area contributed by atoms with E-state index in [4.69, 9.17) is 4.74 Å². The van der Waals surface area contributed by atoms with Crippen LogP contribution in [0.15, 0.2) is 91.5 Å². The molecule has 124 valence electrons. The molecule has 0 radical (unpaired) electrons. The van der Waals surface area contributed by atoms with Gasteiger partial charge >= 0.3 is 0 Å². The standard InChI is InChI=1S/C22H18O3/c1-16(17-10-4-2-5-11-17)21(25-22(23)24)20-15-9-8-14-19(20)18-12-6-3-7-13-18/h2-15,21H,1H2,(H,23,24)/p-1. The van der Waals surface area contributed by atoms with Crippen molar-refractivity contribution in [3.8, 4) is 11.1 Å². The van der Waals surface area contributed by atoms with Gasteiger partial charge in [0.2, 0.25) is 0 Å². The lowest BCUT2D eigenvalue weighted by atomic mass is 9.90. The van der Waals surface area contributed by atoms with E-state index in [0.717, 1.165) is 22.3 Å². The van der Waals surface area contributed by atoms with Gasteiger partial charge in [-0.2, -0.15) is 0 Å². The second-order valence-corrected chi connectivity index (χ2v) is 5.59. The maximum atomic E-state index is 11.2. The minimum atomic E-state index is -1.58. The Bertz CT molecular complexity index is 870. The monoisotopic (exact) mass is 329 g/mol. The lowest BCUT2D eigenvalue weighted by Gasteiger charge is -2.27. The van der Waals surface area contributed by atoms with Crippen LogP contribution in [-0.2, 0) is 4.74 Å².